The van der Waals surface area contributed by atoms with Crippen molar-refractivity contribution in [2.24, 2.45) is 0 Å². The molecule has 0 fully saturated rings. The number of nitrogens with one attached hydrogen (secondary N) is 2. The summed E-state index contributed by atoms with van der Waals surface area (Å²) in [4.78, 5) is 12.4. The van der Waals surface area contributed by atoms with Crippen LogP contribution in [-0.2, 0) is 14.6 Å². The van der Waals surface area contributed by atoms with Gasteiger partial charge in [-0.25, -0.2) is 8.42 Å². The molecule has 0 heterocycles. The highest BCUT2D eigenvalue weighted by atomic mass is 35.5. The highest BCUT2D eigenvalue weighted by Gasteiger charge is 2.18. The van der Waals surface area contributed by atoms with E-state index in [1.807, 2.05) is 12.1 Å². The number of halogens is 2. The fraction of sp³-hybridized carbons (Fsp3) is 0.278. The molecular formula is C18H22Cl2N2O3S. The highest BCUT2D eigenvalue weighted by molar-refractivity contribution is 7.90. The van der Waals surface area contributed by atoms with Crippen molar-refractivity contribution >= 4 is 39.8 Å². The third-order valence-corrected chi connectivity index (χ3v) is 5.09. The molecule has 5 nitrogen and oxygen atoms in total. The smallest absolute Gasteiger partial charge is 0.222 e. The van der Waals surface area contributed by atoms with Gasteiger partial charge in [-0.3, -0.25) is 4.79 Å². The Hall–Kier alpha value is -1.60. The van der Waals surface area contributed by atoms with Crippen LogP contribution in [0.15, 0.2) is 53.4 Å². The number of hydrogen-bond acceptors (Lipinski definition) is 4. The topological polar surface area (TPSA) is 75.3 Å². The van der Waals surface area contributed by atoms with Crippen LogP contribution in [0.5, 0.6) is 0 Å². The monoisotopic (exact) mass is 416 g/mol. The molecule has 0 aliphatic heterocycles. The summed E-state index contributed by atoms with van der Waals surface area (Å²) in [5, 5.41) is 6.49. The lowest BCUT2D eigenvalue weighted by molar-refractivity contribution is -0.121. The molecule has 0 aliphatic rings. The van der Waals surface area contributed by atoms with Crippen LogP contribution in [0.4, 0.5) is 0 Å². The fourth-order valence-corrected chi connectivity index (χ4v) is 3.21. The first-order valence-corrected chi connectivity index (χ1v) is 10.1. The van der Waals surface area contributed by atoms with Crippen LogP contribution in [-0.4, -0.2) is 34.2 Å². The van der Waals surface area contributed by atoms with Gasteiger partial charge in [-0.15, -0.1) is 12.4 Å². The summed E-state index contributed by atoms with van der Waals surface area (Å²) in [5.41, 5.74) is 1.52. The summed E-state index contributed by atoms with van der Waals surface area (Å²) >= 11 is 5.95. The van der Waals surface area contributed by atoms with E-state index in [4.69, 9.17) is 11.6 Å². The Bertz CT molecular complexity index is 840. The first kappa shape index (κ1) is 22.4. The quantitative estimate of drug-likeness (QED) is 0.727. The van der Waals surface area contributed by atoms with Crippen LogP contribution < -0.4 is 10.6 Å². The minimum absolute atomic E-state index is 0. The maximum atomic E-state index is 12.2. The molecule has 0 spiro atoms. The summed E-state index contributed by atoms with van der Waals surface area (Å²) < 4.78 is 23.7. The van der Waals surface area contributed by atoms with Gasteiger partial charge in [0.2, 0.25) is 5.91 Å². The molecule has 142 valence electrons. The van der Waals surface area contributed by atoms with Gasteiger partial charge in [0.1, 0.15) is 0 Å². The van der Waals surface area contributed by atoms with Gasteiger partial charge in [-0.2, -0.15) is 0 Å². The second-order valence-electron chi connectivity index (χ2n) is 5.75. The van der Waals surface area contributed by atoms with Crippen LogP contribution in [0, 0.1) is 0 Å². The zero-order valence-corrected chi connectivity index (χ0v) is 16.9. The second kappa shape index (κ2) is 9.92. The molecule has 2 N–H and O–H groups in total. The fourth-order valence-electron chi connectivity index (χ4n) is 2.41. The van der Waals surface area contributed by atoms with E-state index < -0.39 is 15.9 Å². The van der Waals surface area contributed by atoms with E-state index in [9.17, 15) is 13.2 Å². The van der Waals surface area contributed by atoms with Gasteiger partial charge in [0.05, 0.1) is 10.9 Å². The van der Waals surface area contributed by atoms with Crippen molar-refractivity contribution in [3.05, 3.63) is 64.7 Å². The minimum Gasteiger partial charge on any atom is -0.345 e. The summed E-state index contributed by atoms with van der Waals surface area (Å²) in [6, 6.07) is 13.3. The molecular weight excluding hydrogens is 395 g/mol. The van der Waals surface area contributed by atoms with Crippen molar-refractivity contribution in [2.75, 3.05) is 19.8 Å². The van der Waals surface area contributed by atoms with Crippen molar-refractivity contribution < 1.29 is 13.2 Å². The molecule has 0 aromatic heterocycles. The molecule has 0 aliphatic carbocycles. The van der Waals surface area contributed by atoms with Gasteiger partial charge in [-0.05, 0) is 42.4 Å². The van der Waals surface area contributed by atoms with Gasteiger partial charge in [-0.1, -0.05) is 35.9 Å². The number of sulfone groups is 1. The summed E-state index contributed by atoms with van der Waals surface area (Å²) in [6.07, 6.45) is 1.49. The van der Waals surface area contributed by atoms with Crippen LogP contribution in [0.25, 0.3) is 0 Å². The number of carbonyl (C=O) groups excluding carboxylic acids is 1. The van der Waals surface area contributed by atoms with Crippen molar-refractivity contribution in [1.29, 1.82) is 0 Å². The van der Waals surface area contributed by atoms with Crippen LogP contribution in [0.2, 0.25) is 5.02 Å². The first-order chi connectivity index (χ1) is 11.8. The zero-order chi connectivity index (χ0) is 18.4. The Morgan fingerprint density at radius 2 is 1.77 bits per heavy atom. The Kier molecular flexibility index (Phi) is 8.56. The van der Waals surface area contributed by atoms with E-state index >= 15 is 0 Å². The van der Waals surface area contributed by atoms with Crippen molar-refractivity contribution in [3.8, 4) is 0 Å². The van der Waals surface area contributed by atoms with E-state index in [-0.39, 0.29) is 23.2 Å². The lowest BCUT2D eigenvalue weighted by atomic mass is 9.98. The number of carbonyl (C=O) groups is 1. The maximum Gasteiger partial charge on any atom is 0.222 e. The lowest BCUT2D eigenvalue weighted by Crippen LogP contribution is -2.31. The molecule has 1 unspecified atom stereocenters. The van der Waals surface area contributed by atoms with E-state index in [1.54, 1.807) is 43.4 Å². The third kappa shape index (κ3) is 6.29. The zero-order valence-electron chi connectivity index (χ0n) is 14.5. The molecule has 2 rings (SSSR count). The molecule has 0 saturated heterocycles. The molecule has 2 aromatic rings. The molecule has 0 saturated carbocycles. The lowest BCUT2D eigenvalue weighted by Gasteiger charge is -2.20. The van der Waals surface area contributed by atoms with Crippen molar-refractivity contribution in [1.82, 2.24) is 10.6 Å². The maximum absolute atomic E-state index is 12.2. The molecule has 1 atom stereocenters. The molecule has 8 heteroatoms. The largest absolute Gasteiger partial charge is 0.345 e. The SMILES string of the molecule is CNCCC(=O)NC(c1ccc(Cl)cc1)c1cccc(S(C)(=O)=O)c1.Cl. The van der Waals surface area contributed by atoms with E-state index in [2.05, 4.69) is 10.6 Å². The Morgan fingerprint density at radius 3 is 2.35 bits per heavy atom. The first-order valence-electron chi connectivity index (χ1n) is 7.80. The van der Waals surface area contributed by atoms with Gasteiger partial charge in [0.25, 0.3) is 0 Å². The van der Waals surface area contributed by atoms with E-state index in [0.29, 0.717) is 23.6 Å². The average Bonchev–Trinajstić information content (AvgIpc) is 2.58. The summed E-state index contributed by atoms with van der Waals surface area (Å²) in [7, 11) is -1.56. The standard InChI is InChI=1S/C18H21ClN2O3S.ClH/c1-20-11-10-17(22)21-18(13-6-8-15(19)9-7-13)14-4-3-5-16(12-14)25(2,23)24;/h3-9,12,18,20H,10-11H2,1-2H3,(H,21,22);1H. The molecule has 0 bridgehead atoms. The predicted molar refractivity (Wildman–Crippen MR) is 107 cm³/mol. The Morgan fingerprint density at radius 1 is 1.12 bits per heavy atom. The third-order valence-electron chi connectivity index (χ3n) is 3.73. The normalized spacial score (nSPS) is 12.1. The van der Waals surface area contributed by atoms with Crippen LogP contribution in [0.3, 0.4) is 0 Å². The number of benzene rings is 2. The van der Waals surface area contributed by atoms with E-state index in [0.717, 1.165) is 11.8 Å². The van der Waals surface area contributed by atoms with Crippen LogP contribution in [0.1, 0.15) is 23.6 Å². The average molecular weight is 417 g/mol. The van der Waals surface area contributed by atoms with Gasteiger partial charge < -0.3 is 10.6 Å². The van der Waals surface area contributed by atoms with E-state index in [1.165, 1.54) is 0 Å². The summed E-state index contributed by atoms with van der Waals surface area (Å²) in [5.74, 6) is -0.126. The van der Waals surface area contributed by atoms with Crippen molar-refractivity contribution in [2.45, 2.75) is 17.4 Å². The van der Waals surface area contributed by atoms with Gasteiger partial charge >= 0.3 is 0 Å². The predicted octanol–water partition coefficient (Wildman–Crippen LogP) is 2.98. The number of rotatable bonds is 7. The van der Waals surface area contributed by atoms with Gasteiger partial charge in [0.15, 0.2) is 9.84 Å². The van der Waals surface area contributed by atoms with Crippen LogP contribution >= 0.6 is 24.0 Å². The highest BCUT2D eigenvalue weighted by Crippen LogP contribution is 2.25. The second-order valence-corrected chi connectivity index (χ2v) is 8.20. The number of hydrogen-bond donors (Lipinski definition) is 2. The molecule has 1 amide bonds. The Labute approximate surface area is 165 Å². The van der Waals surface area contributed by atoms with Gasteiger partial charge in [0, 0.05) is 24.2 Å². The minimum atomic E-state index is -3.33. The summed E-state index contributed by atoms with van der Waals surface area (Å²) in [6.45, 7) is 0.558. The Balaban J connectivity index is 0.00000338. The molecule has 2 aromatic carbocycles. The molecule has 26 heavy (non-hydrogen) atoms. The number of amides is 1. The molecule has 0 radical (unpaired) electrons. The van der Waals surface area contributed by atoms with Crippen molar-refractivity contribution in [3.63, 3.8) is 0 Å².